The van der Waals surface area contributed by atoms with Crippen molar-refractivity contribution < 1.29 is 14.3 Å². The van der Waals surface area contributed by atoms with Crippen LogP contribution in [0.15, 0.2) is 72.8 Å². The summed E-state index contributed by atoms with van der Waals surface area (Å²) >= 11 is 7.58. The zero-order valence-electron chi connectivity index (χ0n) is 18.5. The van der Waals surface area contributed by atoms with Gasteiger partial charge in [-0.25, -0.2) is 0 Å². The largest absolute Gasteiger partial charge is 0.496 e. The van der Waals surface area contributed by atoms with Crippen LogP contribution in [0.1, 0.15) is 32.4 Å². The number of nitrogens with zero attached hydrogens (tertiary/aromatic N) is 2. The standard InChI is InChI=1S/C26H25ClN2O3S/c1-28(16-21-5-3-4-6-23(21)32-2)25(31)19-9-11-20(12-10-19)26-29(24(30)17-33-26)15-18-7-13-22(27)14-8-18/h3-14,26H,15-17H2,1-2H3/t26-/m0/s1. The molecule has 0 radical (unpaired) electrons. The second kappa shape index (κ2) is 10.3. The summed E-state index contributed by atoms with van der Waals surface area (Å²) in [6, 6.07) is 22.8. The van der Waals surface area contributed by atoms with Crippen LogP contribution in [0.25, 0.3) is 0 Å². The SMILES string of the molecule is COc1ccccc1CN(C)C(=O)c1ccc([C@@H]2SCC(=O)N2Cc2ccc(Cl)cc2)cc1. The molecule has 1 heterocycles. The van der Waals surface area contributed by atoms with Crippen molar-refractivity contribution in [1.82, 2.24) is 9.80 Å². The van der Waals surface area contributed by atoms with E-state index in [9.17, 15) is 9.59 Å². The maximum absolute atomic E-state index is 13.0. The number of carbonyl (C=O) groups excluding carboxylic acids is 2. The first-order valence-corrected chi connectivity index (χ1v) is 12.0. The van der Waals surface area contributed by atoms with Gasteiger partial charge in [0.1, 0.15) is 11.1 Å². The first kappa shape index (κ1) is 23.2. The highest BCUT2D eigenvalue weighted by molar-refractivity contribution is 8.00. The molecule has 33 heavy (non-hydrogen) atoms. The molecular weight excluding hydrogens is 456 g/mol. The van der Waals surface area contributed by atoms with Gasteiger partial charge in [0, 0.05) is 36.3 Å². The molecule has 0 aromatic heterocycles. The van der Waals surface area contributed by atoms with Crippen LogP contribution >= 0.6 is 23.4 Å². The molecule has 0 unspecified atom stereocenters. The number of thioether (sulfide) groups is 1. The van der Waals surface area contributed by atoms with E-state index in [1.54, 1.807) is 30.8 Å². The number of methoxy groups -OCH3 is 1. The summed E-state index contributed by atoms with van der Waals surface area (Å²) in [6.45, 7) is 0.975. The van der Waals surface area contributed by atoms with Gasteiger partial charge in [0.25, 0.3) is 5.91 Å². The molecule has 2 amide bonds. The van der Waals surface area contributed by atoms with Crippen LogP contribution in [0.3, 0.4) is 0 Å². The average Bonchev–Trinajstić information content (AvgIpc) is 3.20. The molecule has 170 valence electrons. The Hall–Kier alpha value is -2.96. The smallest absolute Gasteiger partial charge is 0.253 e. The second-order valence-electron chi connectivity index (χ2n) is 7.91. The molecule has 5 nitrogen and oxygen atoms in total. The first-order chi connectivity index (χ1) is 16.0. The van der Waals surface area contributed by atoms with Gasteiger partial charge in [-0.15, -0.1) is 11.8 Å². The van der Waals surface area contributed by atoms with Crippen molar-refractivity contribution in [3.8, 4) is 5.75 Å². The van der Waals surface area contributed by atoms with Crippen LogP contribution in [-0.2, 0) is 17.9 Å². The van der Waals surface area contributed by atoms with Gasteiger partial charge in [-0.2, -0.15) is 0 Å². The monoisotopic (exact) mass is 480 g/mol. The van der Waals surface area contributed by atoms with Crippen molar-refractivity contribution in [2.24, 2.45) is 0 Å². The summed E-state index contributed by atoms with van der Waals surface area (Å²) < 4.78 is 5.39. The van der Waals surface area contributed by atoms with Gasteiger partial charge in [0.2, 0.25) is 5.91 Å². The zero-order valence-corrected chi connectivity index (χ0v) is 20.1. The third kappa shape index (κ3) is 5.34. The van der Waals surface area contributed by atoms with Gasteiger partial charge >= 0.3 is 0 Å². The maximum Gasteiger partial charge on any atom is 0.253 e. The lowest BCUT2D eigenvalue weighted by atomic mass is 10.1. The van der Waals surface area contributed by atoms with E-state index in [1.807, 2.05) is 77.7 Å². The first-order valence-electron chi connectivity index (χ1n) is 10.6. The summed E-state index contributed by atoms with van der Waals surface area (Å²) in [4.78, 5) is 29.0. The number of rotatable bonds is 7. The molecule has 3 aromatic rings. The fraction of sp³-hybridized carbons (Fsp3) is 0.231. The molecule has 0 N–H and O–H groups in total. The van der Waals surface area contributed by atoms with E-state index in [-0.39, 0.29) is 17.2 Å². The Bertz CT molecular complexity index is 1140. The highest BCUT2D eigenvalue weighted by Gasteiger charge is 2.32. The molecule has 0 aliphatic carbocycles. The molecule has 1 fully saturated rings. The van der Waals surface area contributed by atoms with Gasteiger partial charge in [-0.05, 0) is 41.5 Å². The summed E-state index contributed by atoms with van der Waals surface area (Å²) in [5.74, 6) is 1.24. The highest BCUT2D eigenvalue weighted by Crippen LogP contribution is 2.39. The van der Waals surface area contributed by atoms with Gasteiger partial charge in [-0.3, -0.25) is 9.59 Å². The van der Waals surface area contributed by atoms with Crippen molar-refractivity contribution in [3.05, 3.63) is 100 Å². The Morgan fingerprint density at radius 2 is 1.79 bits per heavy atom. The van der Waals surface area contributed by atoms with E-state index in [0.717, 1.165) is 22.4 Å². The van der Waals surface area contributed by atoms with E-state index in [0.29, 0.717) is 29.4 Å². The quantitative estimate of drug-likeness (QED) is 0.454. The molecule has 0 saturated carbocycles. The van der Waals surface area contributed by atoms with Gasteiger partial charge in [0.05, 0.1) is 12.9 Å². The van der Waals surface area contributed by atoms with Crippen LogP contribution in [0.4, 0.5) is 0 Å². The van der Waals surface area contributed by atoms with Crippen LogP contribution in [0, 0.1) is 0 Å². The molecule has 1 aliphatic heterocycles. The molecule has 0 bridgehead atoms. The third-order valence-corrected chi connectivity index (χ3v) is 7.13. The van der Waals surface area contributed by atoms with Crippen molar-refractivity contribution in [3.63, 3.8) is 0 Å². The van der Waals surface area contributed by atoms with E-state index < -0.39 is 0 Å². The van der Waals surface area contributed by atoms with Crippen molar-refractivity contribution in [2.45, 2.75) is 18.5 Å². The minimum Gasteiger partial charge on any atom is -0.496 e. The Labute approximate surface area is 203 Å². The van der Waals surface area contributed by atoms with E-state index in [1.165, 1.54) is 0 Å². The van der Waals surface area contributed by atoms with Crippen molar-refractivity contribution >= 4 is 35.2 Å². The van der Waals surface area contributed by atoms with Gasteiger partial charge in [-0.1, -0.05) is 54.1 Å². The normalized spacial score (nSPS) is 15.5. The van der Waals surface area contributed by atoms with E-state index in [4.69, 9.17) is 16.3 Å². The topological polar surface area (TPSA) is 49.9 Å². The minimum absolute atomic E-state index is 0.0689. The van der Waals surface area contributed by atoms with Crippen LogP contribution in [-0.4, -0.2) is 41.5 Å². The zero-order chi connectivity index (χ0) is 23.4. The Balaban J connectivity index is 1.46. The maximum atomic E-state index is 13.0. The molecule has 7 heteroatoms. The van der Waals surface area contributed by atoms with Crippen molar-refractivity contribution in [2.75, 3.05) is 19.9 Å². The lowest BCUT2D eigenvalue weighted by Gasteiger charge is -2.25. The molecule has 1 saturated heterocycles. The lowest BCUT2D eigenvalue weighted by molar-refractivity contribution is -0.128. The second-order valence-corrected chi connectivity index (χ2v) is 9.41. The van der Waals surface area contributed by atoms with E-state index in [2.05, 4.69) is 0 Å². The number of carbonyl (C=O) groups is 2. The van der Waals surface area contributed by atoms with Gasteiger partial charge in [0.15, 0.2) is 0 Å². The number of benzene rings is 3. The number of amides is 2. The Morgan fingerprint density at radius 3 is 2.48 bits per heavy atom. The molecule has 1 aliphatic rings. The number of hydrogen-bond donors (Lipinski definition) is 0. The van der Waals surface area contributed by atoms with Gasteiger partial charge < -0.3 is 14.5 Å². The van der Waals surface area contributed by atoms with Crippen LogP contribution < -0.4 is 4.74 Å². The van der Waals surface area contributed by atoms with Crippen LogP contribution in [0.2, 0.25) is 5.02 Å². The molecule has 1 atom stereocenters. The highest BCUT2D eigenvalue weighted by atomic mass is 35.5. The predicted molar refractivity (Wildman–Crippen MR) is 132 cm³/mol. The number of halogens is 1. The Morgan fingerprint density at radius 1 is 1.09 bits per heavy atom. The molecule has 4 rings (SSSR count). The number of para-hydroxylation sites is 1. The summed E-state index contributed by atoms with van der Waals surface area (Å²) in [5, 5.41) is 0.594. The Kier molecular flexibility index (Phi) is 7.26. The molecule has 0 spiro atoms. The fourth-order valence-electron chi connectivity index (χ4n) is 3.86. The van der Waals surface area contributed by atoms with E-state index >= 15 is 0 Å². The minimum atomic E-state index is -0.0800. The summed E-state index contributed by atoms with van der Waals surface area (Å²) in [7, 11) is 3.41. The predicted octanol–water partition coefficient (Wildman–Crippen LogP) is 5.40. The lowest BCUT2D eigenvalue weighted by Crippen LogP contribution is -2.28. The molecule has 3 aromatic carbocycles. The van der Waals surface area contributed by atoms with Crippen LogP contribution in [0.5, 0.6) is 5.75 Å². The third-order valence-electron chi connectivity index (χ3n) is 5.62. The fourth-order valence-corrected chi connectivity index (χ4v) is 5.17. The summed E-state index contributed by atoms with van der Waals surface area (Å²) in [5.41, 5.74) is 3.59. The number of hydrogen-bond acceptors (Lipinski definition) is 4. The summed E-state index contributed by atoms with van der Waals surface area (Å²) in [6.07, 6.45) is 0. The molecular formula is C26H25ClN2O3S. The number of ether oxygens (including phenoxy) is 1. The van der Waals surface area contributed by atoms with Crippen molar-refractivity contribution in [1.29, 1.82) is 0 Å². The average molecular weight is 481 g/mol.